The van der Waals surface area contributed by atoms with E-state index in [-0.39, 0.29) is 0 Å². The first kappa shape index (κ1) is 15.4. The Bertz CT molecular complexity index is 608. The van der Waals surface area contributed by atoms with Gasteiger partial charge in [-0.2, -0.15) is 0 Å². The van der Waals surface area contributed by atoms with E-state index in [1.807, 2.05) is 19.2 Å². The molecule has 0 bridgehead atoms. The number of nitrogens with one attached hydrogen (secondary N) is 1. The fraction of sp³-hybridized carbons (Fsp3) is 0.333. The van der Waals surface area contributed by atoms with Gasteiger partial charge in [-0.15, -0.1) is 0 Å². The summed E-state index contributed by atoms with van der Waals surface area (Å²) in [7, 11) is 3.60. The van der Waals surface area contributed by atoms with E-state index in [2.05, 4.69) is 43.4 Å². The van der Waals surface area contributed by atoms with Crippen LogP contribution in [0.15, 0.2) is 36.4 Å². The van der Waals surface area contributed by atoms with Crippen molar-refractivity contribution < 1.29 is 9.47 Å². The molecule has 0 heterocycles. The summed E-state index contributed by atoms with van der Waals surface area (Å²) in [4.78, 5) is 0. The van der Waals surface area contributed by atoms with Crippen LogP contribution >= 0.6 is 0 Å². The Balaban J connectivity index is 2.14. The van der Waals surface area contributed by atoms with Crippen LogP contribution in [0.3, 0.4) is 0 Å². The van der Waals surface area contributed by atoms with Crippen molar-refractivity contribution in [2.24, 2.45) is 0 Å². The quantitative estimate of drug-likeness (QED) is 0.879. The summed E-state index contributed by atoms with van der Waals surface area (Å²) in [6.45, 7) is 5.56. The molecule has 3 heteroatoms. The molecule has 0 atom stereocenters. The summed E-state index contributed by atoms with van der Waals surface area (Å²) < 4.78 is 11.4. The molecular formula is C18H23NO2. The Labute approximate surface area is 126 Å². The van der Waals surface area contributed by atoms with E-state index >= 15 is 0 Å². The van der Waals surface area contributed by atoms with Gasteiger partial charge >= 0.3 is 0 Å². The number of ether oxygens (including phenoxy) is 2. The van der Waals surface area contributed by atoms with Crippen molar-refractivity contribution in [1.29, 1.82) is 0 Å². The van der Waals surface area contributed by atoms with E-state index in [1.165, 1.54) is 22.3 Å². The first-order valence-electron chi connectivity index (χ1n) is 7.14. The number of methoxy groups -OCH3 is 1. The Morgan fingerprint density at radius 2 is 1.81 bits per heavy atom. The van der Waals surface area contributed by atoms with E-state index in [4.69, 9.17) is 9.47 Å². The predicted molar refractivity (Wildman–Crippen MR) is 86.0 cm³/mol. The normalized spacial score (nSPS) is 10.5. The topological polar surface area (TPSA) is 30.5 Å². The highest BCUT2D eigenvalue weighted by Gasteiger charge is 2.07. The minimum Gasteiger partial charge on any atom is -0.493 e. The molecule has 1 N–H and O–H groups in total. The minimum atomic E-state index is 0.551. The lowest BCUT2D eigenvalue weighted by Crippen LogP contribution is -2.06. The van der Waals surface area contributed by atoms with Crippen molar-refractivity contribution in [3.8, 4) is 11.5 Å². The van der Waals surface area contributed by atoms with Gasteiger partial charge in [0, 0.05) is 6.54 Å². The molecule has 2 rings (SSSR count). The third-order valence-electron chi connectivity index (χ3n) is 3.50. The van der Waals surface area contributed by atoms with Gasteiger partial charge in [0.15, 0.2) is 11.5 Å². The molecule has 3 nitrogen and oxygen atoms in total. The van der Waals surface area contributed by atoms with Crippen LogP contribution in [0.4, 0.5) is 0 Å². The maximum Gasteiger partial charge on any atom is 0.161 e. The summed E-state index contributed by atoms with van der Waals surface area (Å²) in [6, 6.07) is 12.4. The number of rotatable bonds is 6. The minimum absolute atomic E-state index is 0.551. The second kappa shape index (κ2) is 7.14. The van der Waals surface area contributed by atoms with Gasteiger partial charge in [-0.1, -0.05) is 29.8 Å². The molecule has 0 radical (unpaired) electrons. The van der Waals surface area contributed by atoms with Crippen LogP contribution in [0.2, 0.25) is 0 Å². The molecule has 0 aromatic heterocycles. The molecule has 0 fully saturated rings. The molecule has 112 valence electrons. The molecule has 0 aliphatic carbocycles. The van der Waals surface area contributed by atoms with E-state index in [1.54, 1.807) is 7.11 Å². The van der Waals surface area contributed by atoms with Crippen molar-refractivity contribution in [2.45, 2.75) is 27.0 Å². The van der Waals surface area contributed by atoms with E-state index in [9.17, 15) is 0 Å². The fourth-order valence-corrected chi connectivity index (χ4v) is 2.26. The van der Waals surface area contributed by atoms with Gasteiger partial charge in [0.1, 0.15) is 6.61 Å². The standard InChI is InChI=1S/C18H23NO2/c1-13-5-6-14(2)16(9-13)12-21-17-8-7-15(11-19-3)10-18(17)20-4/h5-10,19H,11-12H2,1-4H3. The maximum absolute atomic E-state index is 5.94. The van der Waals surface area contributed by atoms with Gasteiger partial charge in [0.05, 0.1) is 7.11 Å². The Hall–Kier alpha value is -2.00. The van der Waals surface area contributed by atoms with E-state index in [0.29, 0.717) is 6.61 Å². The molecule has 0 aliphatic rings. The molecular weight excluding hydrogens is 262 g/mol. The maximum atomic E-state index is 5.94. The van der Waals surface area contributed by atoms with Crippen LogP contribution in [0.1, 0.15) is 22.3 Å². The Kier molecular flexibility index (Phi) is 5.23. The zero-order valence-corrected chi connectivity index (χ0v) is 13.2. The molecule has 0 aliphatic heterocycles. The first-order chi connectivity index (χ1) is 10.1. The molecule has 21 heavy (non-hydrogen) atoms. The zero-order valence-electron chi connectivity index (χ0n) is 13.2. The van der Waals surface area contributed by atoms with Crippen LogP contribution in [0.5, 0.6) is 11.5 Å². The largest absolute Gasteiger partial charge is 0.493 e. The van der Waals surface area contributed by atoms with E-state index in [0.717, 1.165) is 18.0 Å². The molecule has 0 unspecified atom stereocenters. The highest BCUT2D eigenvalue weighted by Crippen LogP contribution is 2.29. The zero-order chi connectivity index (χ0) is 15.2. The van der Waals surface area contributed by atoms with Crippen LogP contribution < -0.4 is 14.8 Å². The van der Waals surface area contributed by atoms with Gasteiger partial charge in [0.2, 0.25) is 0 Å². The molecule has 0 amide bonds. The van der Waals surface area contributed by atoms with Crippen molar-refractivity contribution in [2.75, 3.05) is 14.2 Å². The first-order valence-corrected chi connectivity index (χ1v) is 7.14. The van der Waals surface area contributed by atoms with Gasteiger partial charge in [0.25, 0.3) is 0 Å². The van der Waals surface area contributed by atoms with Crippen molar-refractivity contribution in [3.63, 3.8) is 0 Å². The predicted octanol–water partition coefficient (Wildman–Crippen LogP) is 3.61. The van der Waals surface area contributed by atoms with Gasteiger partial charge < -0.3 is 14.8 Å². The molecule has 2 aromatic rings. The number of benzene rings is 2. The van der Waals surface area contributed by atoms with Crippen LogP contribution in [-0.4, -0.2) is 14.2 Å². The monoisotopic (exact) mass is 285 g/mol. The Morgan fingerprint density at radius 1 is 1.00 bits per heavy atom. The second-order valence-electron chi connectivity index (χ2n) is 5.23. The van der Waals surface area contributed by atoms with Crippen molar-refractivity contribution in [1.82, 2.24) is 5.32 Å². The SMILES string of the molecule is CNCc1ccc(OCc2cc(C)ccc2C)c(OC)c1. The summed E-state index contributed by atoms with van der Waals surface area (Å²) in [5.41, 5.74) is 4.87. The Morgan fingerprint density at radius 3 is 2.52 bits per heavy atom. The summed E-state index contributed by atoms with van der Waals surface area (Å²) >= 11 is 0. The van der Waals surface area contributed by atoms with Gasteiger partial charge in [-0.05, 0) is 49.7 Å². The van der Waals surface area contributed by atoms with Gasteiger partial charge in [-0.3, -0.25) is 0 Å². The molecule has 0 spiro atoms. The average Bonchev–Trinajstić information content (AvgIpc) is 2.49. The van der Waals surface area contributed by atoms with Crippen LogP contribution in [0, 0.1) is 13.8 Å². The summed E-state index contributed by atoms with van der Waals surface area (Å²) in [5.74, 6) is 1.55. The van der Waals surface area contributed by atoms with E-state index < -0.39 is 0 Å². The van der Waals surface area contributed by atoms with Gasteiger partial charge in [-0.25, -0.2) is 0 Å². The lowest BCUT2D eigenvalue weighted by molar-refractivity contribution is 0.283. The fourth-order valence-electron chi connectivity index (χ4n) is 2.26. The molecule has 0 saturated carbocycles. The smallest absolute Gasteiger partial charge is 0.161 e. The lowest BCUT2D eigenvalue weighted by Gasteiger charge is -2.13. The summed E-state index contributed by atoms with van der Waals surface area (Å²) in [6.07, 6.45) is 0. The molecule has 2 aromatic carbocycles. The molecule has 0 saturated heterocycles. The third-order valence-corrected chi connectivity index (χ3v) is 3.50. The lowest BCUT2D eigenvalue weighted by atomic mass is 10.1. The average molecular weight is 285 g/mol. The third kappa shape index (κ3) is 3.99. The number of hydrogen-bond donors (Lipinski definition) is 1. The summed E-state index contributed by atoms with van der Waals surface area (Å²) in [5, 5.41) is 3.13. The highest BCUT2D eigenvalue weighted by atomic mass is 16.5. The van der Waals surface area contributed by atoms with Crippen LogP contribution in [0.25, 0.3) is 0 Å². The highest BCUT2D eigenvalue weighted by molar-refractivity contribution is 5.43. The number of hydrogen-bond acceptors (Lipinski definition) is 3. The second-order valence-corrected chi connectivity index (χ2v) is 5.23. The van der Waals surface area contributed by atoms with Crippen molar-refractivity contribution >= 4 is 0 Å². The number of aryl methyl sites for hydroxylation is 2. The van der Waals surface area contributed by atoms with Crippen molar-refractivity contribution in [3.05, 3.63) is 58.7 Å². The van der Waals surface area contributed by atoms with Crippen LogP contribution in [-0.2, 0) is 13.2 Å².